The Balaban J connectivity index is 2.03. The van der Waals surface area contributed by atoms with Gasteiger partial charge in [-0.2, -0.15) is 0 Å². The Morgan fingerprint density at radius 2 is 2.43 bits per heavy atom. The van der Waals surface area contributed by atoms with Crippen molar-refractivity contribution in [2.75, 3.05) is 53.6 Å². The molecule has 1 N–H and O–H groups in total. The quantitative estimate of drug-likeness (QED) is 0.612. The number of nitrogens with one attached hydrogen (secondary N) is 1. The molecule has 0 saturated carbocycles. The number of likely N-dealkylation sites (N-methyl/N-ethyl adjacent to an activating group) is 1. The predicted octanol–water partition coefficient (Wildman–Crippen LogP) is -0.0569. The van der Waals surface area contributed by atoms with E-state index in [0.717, 1.165) is 45.9 Å². The van der Waals surface area contributed by atoms with Crippen molar-refractivity contribution >= 4 is 0 Å². The van der Waals surface area contributed by atoms with Crippen molar-refractivity contribution in [2.45, 2.75) is 12.5 Å². The Bertz CT molecular complexity index is 138. The van der Waals surface area contributed by atoms with E-state index in [9.17, 15) is 0 Å². The molecule has 0 bridgehead atoms. The van der Waals surface area contributed by atoms with Gasteiger partial charge in [-0.15, -0.1) is 0 Å². The minimum absolute atomic E-state index is 0.497. The fourth-order valence-corrected chi connectivity index (χ4v) is 1.68. The third-order valence-corrected chi connectivity index (χ3v) is 2.42. The maximum absolute atomic E-state index is 5.39. The number of ether oxygens (including phenoxy) is 2. The molecule has 1 heterocycles. The fraction of sp³-hybridized carbons (Fsp3) is 1.00. The highest BCUT2D eigenvalue weighted by Gasteiger charge is 2.14. The molecule has 84 valence electrons. The zero-order chi connectivity index (χ0) is 10.2. The van der Waals surface area contributed by atoms with E-state index in [0.29, 0.717) is 6.04 Å². The van der Waals surface area contributed by atoms with Crippen LogP contribution in [-0.2, 0) is 9.47 Å². The van der Waals surface area contributed by atoms with Crippen molar-refractivity contribution in [3.63, 3.8) is 0 Å². The molecule has 1 fully saturated rings. The van der Waals surface area contributed by atoms with Gasteiger partial charge >= 0.3 is 0 Å². The smallest absolute Gasteiger partial charge is 0.0632 e. The van der Waals surface area contributed by atoms with Crippen LogP contribution in [0.1, 0.15) is 6.42 Å². The number of rotatable bonds is 6. The normalized spacial score (nSPS) is 22.9. The summed E-state index contributed by atoms with van der Waals surface area (Å²) in [5.41, 5.74) is 0. The van der Waals surface area contributed by atoms with Gasteiger partial charge < -0.3 is 19.7 Å². The van der Waals surface area contributed by atoms with Gasteiger partial charge in [0.25, 0.3) is 0 Å². The summed E-state index contributed by atoms with van der Waals surface area (Å²) in [6.07, 6.45) is 1.10. The second-order valence-corrected chi connectivity index (χ2v) is 3.83. The van der Waals surface area contributed by atoms with Crippen LogP contribution >= 0.6 is 0 Å². The molecule has 1 rings (SSSR count). The summed E-state index contributed by atoms with van der Waals surface area (Å²) in [7, 11) is 3.89. The standard InChI is InChI=1S/C10H22N2O2/c1-12(5-3-6-13-2)8-10-9-14-7-4-11-10/h10-11H,3-9H2,1-2H3. The van der Waals surface area contributed by atoms with E-state index in [1.165, 1.54) is 0 Å². The molecule has 0 aromatic carbocycles. The van der Waals surface area contributed by atoms with Crippen molar-refractivity contribution in [3.05, 3.63) is 0 Å². The summed E-state index contributed by atoms with van der Waals surface area (Å²) in [6, 6.07) is 0.497. The molecule has 0 aromatic rings. The van der Waals surface area contributed by atoms with Gasteiger partial charge in [-0.25, -0.2) is 0 Å². The molecule has 0 spiro atoms. The molecule has 0 radical (unpaired) electrons. The van der Waals surface area contributed by atoms with Crippen LogP contribution in [0.15, 0.2) is 0 Å². The van der Waals surface area contributed by atoms with Crippen LogP contribution in [0, 0.1) is 0 Å². The van der Waals surface area contributed by atoms with Gasteiger partial charge in [0, 0.05) is 39.4 Å². The first-order valence-electron chi connectivity index (χ1n) is 5.31. The molecule has 4 nitrogen and oxygen atoms in total. The van der Waals surface area contributed by atoms with Gasteiger partial charge in [-0.3, -0.25) is 0 Å². The summed E-state index contributed by atoms with van der Waals surface area (Å²) >= 11 is 0. The van der Waals surface area contributed by atoms with E-state index in [2.05, 4.69) is 17.3 Å². The van der Waals surface area contributed by atoms with Crippen LogP contribution in [0.5, 0.6) is 0 Å². The molecule has 0 aliphatic carbocycles. The molecule has 4 heteroatoms. The van der Waals surface area contributed by atoms with Crippen LogP contribution in [0.25, 0.3) is 0 Å². The third kappa shape index (κ3) is 4.91. The Morgan fingerprint density at radius 3 is 3.07 bits per heavy atom. The molecular weight excluding hydrogens is 180 g/mol. The van der Waals surface area contributed by atoms with E-state index < -0.39 is 0 Å². The first kappa shape index (κ1) is 11.9. The highest BCUT2D eigenvalue weighted by atomic mass is 16.5. The summed E-state index contributed by atoms with van der Waals surface area (Å²) < 4.78 is 10.4. The molecule has 1 saturated heterocycles. The Labute approximate surface area is 86.6 Å². The molecule has 1 atom stereocenters. The topological polar surface area (TPSA) is 33.7 Å². The van der Waals surface area contributed by atoms with Crippen LogP contribution in [0.2, 0.25) is 0 Å². The zero-order valence-corrected chi connectivity index (χ0v) is 9.29. The Hall–Kier alpha value is -0.160. The fourth-order valence-electron chi connectivity index (χ4n) is 1.68. The van der Waals surface area contributed by atoms with Crippen LogP contribution in [0.4, 0.5) is 0 Å². The van der Waals surface area contributed by atoms with Gasteiger partial charge in [-0.1, -0.05) is 0 Å². The highest BCUT2D eigenvalue weighted by molar-refractivity contribution is 4.73. The number of nitrogens with zero attached hydrogens (tertiary/aromatic N) is 1. The van der Waals surface area contributed by atoms with Crippen LogP contribution in [-0.4, -0.2) is 64.6 Å². The Kier molecular flexibility index (Phi) is 6.10. The minimum Gasteiger partial charge on any atom is -0.385 e. The van der Waals surface area contributed by atoms with E-state index in [1.54, 1.807) is 7.11 Å². The first-order chi connectivity index (χ1) is 6.83. The molecule has 0 aromatic heterocycles. The molecule has 14 heavy (non-hydrogen) atoms. The highest BCUT2D eigenvalue weighted by Crippen LogP contribution is 1.96. The average Bonchev–Trinajstić information content (AvgIpc) is 2.20. The number of hydrogen-bond donors (Lipinski definition) is 1. The lowest BCUT2D eigenvalue weighted by Crippen LogP contribution is -2.47. The lowest BCUT2D eigenvalue weighted by Gasteiger charge is -2.28. The molecular formula is C10H22N2O2. The molecule has 1 aliphatic rings. The van der Waals surface area contributed by atoms with E-state index in [1.807, 2.05) is 0 Å². The number of methoxy groups -OCH3 is 1. The molecule has 1 aliphatic heterocycles. The molecule has 1 unspecified atom stereocenters. The van der Waals surface area contributed by atoms with Crippen molar-refractivity contribution in [1.29, 1.82) is 0 Å². The maximum Gasteiger partial charge on any atom is 0.0632 e. The molecule has 0 amide bonds. The van der Waals surface area contributed by atoms with E-state index in [-0.39, 0.29) is 0 Å². The first-order valence-corrected chi connectivity index (χ1v) is 5.31. The minimum atomic E-state index is 0.497. The largest absolute Gasteiger partial charge is 0.385 e. The Morgan fingerprint density at radius 1 is 1.57 bits per heavy atom. The van der Waals surface area contributed by atoms with Crippen molar-refractivity contribution in [2.24, 2.45) is 0 Å². The van der Waals surface area contributed by atoms with Gasteiger partial charge in [0.1, 0.15) is 0 Å². The van der Waals surface area contributed by atoms with Crippen molar-refractivity contribution < 1.29 is 9.47 Å². The van der Waals surface area contributed by atoms with Gasteiger partial charge in [0.2, 0.25) is 0 Å². The monoisotopic (exact) mass is 202 g/mol. The second-order valence-electron chi connectivity index (χ2n) is 3.83. The lowest BCUT2D eigenvalue weighted by molar-refractivity contribution is 0.0641. The number of hydrogen-bond acceptors (Lipinski definition) is 4. The van der Waals surface area contributed by atoms with E-state index >= 15 is 0 Å². The third-order valence-electron chi connectivity index (χ3n) is 2.42. The zero-order valence-electron chi connectivity index (χ0n) is 9.29. The summed E-state index contributed by atoms with van der Waals surface area (Å²) in [5.74, 6) is 0. The summed E-state index contributed by atoms with van der Waals surface area (Å²) in [4.78, 5) is 2.32. The lowest BCUT2D eigenvalue weighted by atomic mass is 10.2. The SMILES string of the molecule is COCCCN(C)CC1COCCN1. The number of morpholine rings is 1. The van der Waals surface area contributed by atoms with E-state index in [4.69, 9.17) is 9.47 Å². The van der Waals surface area contributed by atoms with Crippen LogP contribution in [0.3, 0.4) is 0 Å². The van der Waals surface area contributed by atoms with Crippen molar-refractivity contribution in [3.8, 4) is 0 Å². The maximum atomic E-state index is 5.39. The van der Waals surface area contributed by atoms with Gasteiger partial charge in [0.05, 0.1) is 13.2 Å². The second kappa shape index (κ2) is 7.17. The predicted molar refractivity (Wildman–Crippen MR) is 56.6 cm³/mol. The van der Waals surface area contributed by atoms with Crippen LogP contribution < -0.4 is 5.32 Å². The summed E-state index contributed by atoms with van der Waals surface area (Å²) in [6.45, 7) is 5.67. The van der Waals surface area contributed by atoms with Crippen molar-refractivity contribution in [1.82, 2.24) is 10.2 Å². The average molecular weight is 202 g/mol. The summed E-state index contributed by atoms with van der Waals surface area (Å²) in [5, 5.41) is 3.44. The van der Waals surface area contributed by atoms with Gasteiger partial charge in [-0.05, 0) is 13.5 Å². The van der Waals surface area contributed by atoms with Gasteiger partial charge in [0.15, 0.2) is 0 Å².